The maximum atomic E-state index is 11.8. The van der Waals surface area contributed by atoms with E-state index >= 15 is 0 Å². The van der Waals surface area contributed by atoms with Gasteiger partial charge in [0, 0.05) is 46.3 Å². The highest BCUT2D eigenvalue weighted by Crippen LogP contribution is 2.05. The number of amides is 1. The Morgan fingerprint density at radius 3 is 2.50 bits per heavy atom. The molecule has 16 heavy (non-hydrogen) atoms. The topological polar surface area (TPSA) is 32.8 Å². The molecule has 1 aliphatic heterocycles. The lowest BCUT2D eigenvalue weighted by molar-refractivity contribution is -0.133. The van der Waals surface area contributed by atoms with E-state index in [9.17, 15) is 4.79 Å². The van der Waals surface area contributed by atoms with Crippen molar-refractivity contribution in [3.8, 4) is 0 Å². The fourth-order valence-corrected chi connectivity index (χ4v) is 2.06. The lowest BCUT2D eigenvalue weighted by atomic mass is 10.2. The van der Waals surface area contributed by atoms with E-state index in [0.29, 0.717) is 13.0 Å². The first kappa shape index (κ1) is 13.5. The van der Waals surface area contributed by atoms with Crippen molar-refractivity contribution in [2.45, 2.75) is 26.2 Å². The highest BCUT2D eigenvalue weighted by Gasteiger charge is 2.19. The summed E-state index contributed by atoms with van der Waals surface area (Å²) in [6.45, 7) is 7.89. The molecular formula is C12H24N2O2. The number of carbonyl (C=O) groups excluding carboxylic acids is 1. The number of methoxy groups -OCH3 is 1. The highest BCUT2D eigenvalue weighted by atomic mass is 16.5. The Labute approximate surface area is 98.5 Å². The Kier molecular flexibility index (Phi) is 6.42. The molecule has 0 unspecified atom stereocenters. The Bertz CT molecular complexity index is 201. The van der Waals surface area contributed by atoms with E-state index in [1.165, 1.54) is 6.42 Å². The first-order chi connectivity index (χ1) is 7.77. The summed E-state index contributed by atoms with van der Waals surface area (Å²) >= 11 is 0. The van der Waals surface area contributed by atoms with Crippen LogP contribution in [-0.2, 0) is 9.53 Å². The van der Waals surface area contributed by atoms with Gasteiger partial charge in [0.25, 0.3) is 0 Å². The Balaban J connectivity index is 2.17. The average molecular weight is 228 g/mol. The minimum atomic E-state index is 0.285. The number of piperazine rings is 1. The van der Waals surface area contributed by atoms with Crippen LogP contribution in [0.2, 0.25) is 0 Å². The van der Waals surface area contributed by atoms with Crippen LogP contribution in [0.25, 0.3) is 0 Å². The normalized spacial score (nSPS) is 17.8. The van der Waals surface area contributed by atoms with Crippen molar-refractivity contribution < 1.29 is 9.53 Å². The van der Waals surface area contributed by atoms with E-state index in [2.05, 4.69) is 11.8 Å². The summed E-state index contributed by atoms with van der Waals surface area (Å²) in [6.07, 6.45) is 2.66. The van der Waals surface area contributed by atoms with Gasteiger partial charge in [-0.25, -0.2) is 0 Å². The number of rotatable bonds is 6. The molecule has 0 aromatic rings. The van der Waals surface area contributed by atoms with Gasteiger partial charge in [0.05, 0.1) is 0 Å². The predicted octanol–water partition coefficient (Wildman–Crippen LogP) is 0.967. The molecule has 4 heteroatoms. The molecule has 4 nitrogen and oxygen atoms in total. The number of hydrogen-bond donors (Lipinski definition) is 0. The number of ether oxygens (including phenoxy) is 1. The molecule has 0 aromatic carbocycles. The SMILES string of the molecule is CCCN1CCN(C(=O)CCCOC)CC1. The first-order valence-corrected chi connectivity index (χ1v) is 6.27. The van der Waals surface area contributed by atoms with Crippen LogP contribution < -0.4 is 0 Å². The van der Waals surface area contributed by atoms with Crippen LogP contribution in [0.1, 0.15) is 26.2 Å². The molecule has 0 radical (unpaired) electrons. The van der Waals surface area contributed by atoms with Crippen molar-refractivity contribution in [3.05, 3.63) is 0 Å². The third-order valence-electron chi connectivity index (χ3n) is 3.00. The second-order valence-electron chi connectivity index (χ2n) is 4.32. The molecule has 1 heterocycles. The molecule has 1 rings (SSSR count). The molecule has 1 saturated heterocycles. The molecule has 0 aromatic heterocycles. The molecule has 0 saturated carbocycles. The first-order valence-electron chi connectivity index (χ1n) is 6.27. The van der Waals surface area contributed by atoms with Crippen LogP contribution in [0.3, 0.4) is 0 Å². The zero-order valence-electron chi connectivity index (χ0n) is 10.6. The van der Waals surface area contributed by atoms with E-state index in [1.807, 2.05) is 4.90 Å². The highest BCUT2D eigenvalue weighted by molar-refractivity contribution is 5.76. The van der Waals surface area contributed by atoms with Gasteiger partial charge >= 0.3 is 0 Å². The second kappa shape index (κ2) is 7.63. The molecule has 1 fully saturated rings. The van der Waals surface area contributed by atoms with Gasteiger partial charge in [0.2, 0.25) is 5.91 Å². The standard InChI is InChI=1S/C12H24N2O2/c1-3-6-13-7-9-14(10-8-13)12(15)5-4-11-16-2/h3-11H2,1-2H3. The molecule has 1 amide bonds. The zero-order valence-corrected chi connectivity index (χ0v) is 10.6. The van der Waals surface area contributed by atoms with Crippen LogP contribution in [0.15, 0.2) is 0 Å². The molecule has 0 bridgehead atoms. The molecule has 0 N–H and O–H groups in total. The van der Waals surface area contributed by atoms with Crippen molar-refractivity contribution in [2.75, 3.05) is 46.4 Å². The van der Waals surface area contributed by atoms with Crippen LogP contribution >= 0.6 is 0 Å². The fraction of sp³-hybridized carbons (Fsp3) is 0.917. The Morgan fingerprint density at radius 2 is 1.94 bits per heavy atom. The van der Waals surface area contributed by atoms with Crippen molar-refractivity contribution in [1.82, 2.24) is 9.80 Å². The van der Waals surface area contributed by atoms with Crippen molar-refractivity contribution in [3.63, 3.8) is 0 Å². The minimum Gasteiger partial charge on any atom is -0.385 e. The van der Waals surface area contributed by atoms with Gasteiger partial charge in [-0.3, -0.25) is 9.69 Å². The summed E-state index contributed by atoms with van der Waals surface area (Å²) < 4.78 is 4.95. The molecular weight excluding hydrogens is 204 g/mol. The molecule has 0 aliphatic carbocycles. The van der Waals surface area contributed by atoms with Crippen LogP contribution in [0.5, 0.6) is 0 Å². The lowest BCUT2D eigenvalue weighted by Gasteiger charge is -2.34. The van der Waals surface area contributed by atoms with E-state index in [-0.39, 0.29) is 5.91 Å². The summed E-state index contributed by atoms with van der Waals surface area (Å²) in [4.78, 5) is 16.2. The zero-order chi connectivity index (χ0) is 11.8. The van der Waals surface area contributed by atoms with E-state index in [1.54, 1.807) is 7.11 Å². The minimum absolute atomic E-state index is 0.285. The number of nitrogens with zero attached hydrogens (tertiary/aromatic N) is 2. The maximum Gasteiger partial charge on any atom is 0.222 e. The van der Waals surface area contributed by atoms with Crippen molar-refractivity contribution >= 4 is 5.91 Å². The number of carbonyl (C=O) groups is 1. The second-order valence-corrected chi connectivity index (χ2v) is 4.32. The summed E-state index contributed by atoms with van der Waals surface area (Å²) in [5.41, 5.74) is 0. The van der Waals surface area contributed by atoms with E-state index in [0.717, 1.165) is 39.1 Å². The Morgan fingerprint density at radius 1 is 1.25 bits per heavy atom. The largest absolute Gasteiger partial charge is 0.385 e. The van der Waals surface area contributed by atoms with Gasteiger partial charge in [-0.15, -0.1) is 0 Å². The van der Waals surface area contributed by atoms with E-state index < -0.39 is 0 Å². The van der Waals surface area contributed by atoms with Gasteiger partial charge in [-0.05, 0) is 19.4 Å². The lowest BCUT2D eigenvalue weighted by Crippen LogP contribution is -2.48. The molecule has 0 spiro atoms. The van der Waals surface area contributed by atoms with Gasteiger partial charge < -0.3 is 9.64 Å². The summed E-state index contributed by atoms with van der Waals surface area (Å²) in [7, 11) is 1.67. The van der Waals surface area contributed by atoms with Crippen molar-refractivity contribution in [1.29, 1.82) is 0 Å². The van der Waals surface area contributed by atoms with Gasteiger partial charge in [-0.2, -0.15) is 0 Å². The van der Waals surface area contributed by atoms with Crippen LogP contribution in [0.4, 0.5) is 0 Å². The van der Waals surface area contributed by atoms with Crippen molar-refractivity contribution in [2.24, 2.45) is 0 Å². The third-order valence-corrected chi connectivity index (χ3v) is 3.00. The van der Waals surface area contributed by atoms with Crippen LogP contribution in [-0.4, -0.2) is 62.1 Å². The number of hydrogen-bond acceptors (Lipinski definition) is 3. The smallest absolute Gasteiger partial charge is 0.222 e. The van der Waals surface area contributed by atoms with Crippen LogP contribution in [0, 0.1) is 0 Å². The Hall–Kier alpha value is -0.610. The van der Waals surface area contributed by atoms with Gasteiger partial charge in [0.15, 0.2) is 0 Å². The van der Waals surface area contributed by atoms with Gasteiger partial charge in [0.1, 0.15) is 0 Å². The summed E-state index contributed by atoms with van der Waals surface area (Å²) in [5, 5.41) is 0. The molecule has 0 atom stereocenters. The predicted molar refractivity (Wildman–Crippen MR) is 64.4 cm³/mol. The average Bonchev–Trinajstić information content (AvgIpc) is 2.30. The fourth-order valence-electron chi connectivity index (χ4n) is 2.06. The molecule has 94 valence electrons. The maximum absolute atomic E-state index is 11.8. The summed E-state index contributed by atoms with van der Waals surface area (Å²) in [5.74, 6) is 0.285. The molecule has 1 aliphatic rings. The quantitative estimate of drug-likeness (QED) is 0.635. The van der Waals surface area contributed by atoms with E-state index in [4.69, 9.17) is 4.74 Å². The van der Waals surface area contributed by atoms with Gasteiger partial charge in [-0.1, -0.05) is 6.92 Å². The monoisotopic (exact) mass is 228 g/mol. The third kappa shape index (κ3) is 4.49. The summed E-state index contributed by atoms with van der Waals surface area (Å²) in [6, 6.07) is 0.